The summed E-state index contributed by atoms with van der Waals surface area (Å²) >= 11 is 0. The topological polar surface area (TPSA) is 63.6 Å². The number of carbonyl (C=O) groups excluding carboxylic acids is 1. The van der Waals surface area contributed by atoms with Gasteiger partial charge in [-0.15, -0.1) is 0 Å². The van der Waals surface area contributed by atoms with Gasteiger partial charge in [0.25, 0.3) is 6.47 Å². The average Bonchev–Trinajstić information content (AvgIpc) is 2.40. The first kappa shape index (κ1) is 11.9. The Labute approximate surface area is 103 Å². The van der Waals surface area contributed by atoms with Crippen molar-refractivity contribution in [1.82, 2.24) is 0 Å². The van der Waals surface area contributed by atoms with E-state index in [2.05, 4.69) is 4.74 Å². The average molecular weight is 242 g/mol. The van der Waals surface area contributed by atoms with Gasteiger partial charge < -0.3 is 9.84 Å². The van der Waals surface area contributed by atoms with Gasteiger partial charge in [0.05, 0.1) is 5.56 Å². The third-order valence-electron chi connectivity index (χ3n) is 2.50. The lowest BCUT2D eigenvalue weighted by molar-refractivity contribution is -0.120. The van der Waals surface area contributed by atoms with Crippen LogP contribution < -0.4 is 4.74 Å². The first-order chi connectivity index (χ1) is 8.70. The van der Waals surface area contributed by atoms with E-state index in [9.17, 15) is 9.59 Å². The number of carbonyl (C=O) groups is 2. The minimum atomic E-state index is -0.948. The van der Waals surface area contributed by atoms with Crippen molar-refractivity contribution >= 4 is 12.4 Å². The summed E-state index contributed by atoms with van der Waals surface area (Å²) in [4.78, 5) is 20.9. The number of hydrogen-bond acceptors (Lipinski definition) is 3. The number of carboxylic acids is 1. The van der Waals surface area contributed by atoms with Gasteiger partial charge in [0.1, 0.15) is 5.75 Å². The Morgan fingerprint density at radius 1 is 0.944 bits per heavy atom. The van der Waals surface area contributed by atoms with Crippen molar-refractivity contribution in [2.45, 2.75) is 0 Å². The molecule has 0 saturated carbocycles. The Morgan fingerprint density at radius 3 is 1.89 bits per heavy atom. The molecule has 0 aliphatic heterocycles. The van der Waals surface area contributed by atoms with E-state index in [1.807, 2.05) is 0 Å². The lowest BCUT2D eigenvalue weighted by Crippen LogP contribution is -1.94. The second kappa shape index (κ2) is 5.14. The molecule has 0 bridgehead atoms. The van der Waals surface area contributed by atoms with Crippen molar-refractivity contribution in [1.29, 1.82) is 0 Å². The molecule has 0 aliphatic carbocycles. The predicted molar refractivity (Wildman–Crippen MR) is 65.5 cm³/mol. The van der Waals surface area contributed by atoms with E-state index in [-0.39, 0.29) is 5.56 Å². The second-order valence-electron chi connectivity index (χ2n) is 3.62. The van der Waals surface area contributed by atoms with Crippen LogP contribution in [0.1, 0.15) is 10.4 Å². The minimum absolute atomic E-state index is 0.250. The molecule has 0 spiro atoms. The highest BCUT2D eigenvalue weighted by atomic mass is 16.5. The normalized spacial score (nSPS) is 9.78. The highest BCUT2D eigenvalue weighted by Crippen LogP contribution is 2.22. The molecule has 0 aliphatic rings. The van der Waals surface area contributed by atoms with E-state index >= 15 is 0 Å². The molecule has 0 saturated heterocycles. The molecule has 4 heteroatoms. The molecule has 0 heterocycles. The smallest absolute Gasteiger partial charge is 0.335 e. The lowest BCUT2D eigenvalue weighted by atomic mass is 10.0. The number of ether oxygens (including phenoxy) is 1. The van der Waals surface area contributed by atoms with Crippen LogP contribution in [0, 0.1) is 0 Å². The molecule has 90 valence electrons. The van der Waals surface area contributed by atoms with Crippen molar-refractivity contribution < 1.29 is 19.4 Å². The molecule has 0 amide bonds. The molecule has 4 nitrogen and oxygen atoms in total. The number of benzene rings is 2. The largest absolute Gasteiger partial charge is 0.478 e. The third kappa shape index (κ3) is 2.55. The van der Waals surface area contributed by atoms with Crippen molar-refractivity contribution in [3.63, 3.8) is 0 Å². The maximum absolute atomic E-state index is 10.7. The summed E-state index contributed by atoms with van der Waals surface area (Å²) in [5, 5.41) is 8.79. The zero-order valence-electron chi connectivity index (χ0n) is 9.37. The van der Waals surface area contributed by atoms with Crippen LogP contribution >= 0.6 is 0 Å². The third-order valence-corrected chi connectivity index (χ3v) is 2.50. The van der Waals surface area contributed by atoms with Crippen molar-refractivity contribution in [3.05, 3.63) is 54.1 Å². The summed E-state index contributed by atoms with van der Waals surface area (Å²) in [6, 6.07) is 13.5. The van der Waals surface area contributed by atoms with E-state index in [1.54, 1.807) is 48.5 Å². The number of rotatable bonds is 4. The van der Waals surface area contributed by atoms with Gasteiger partial charge in [-0.2, -0.15) is 0 Å². The molecule has 0 atom stereocenters. The molecule has 0 radical (unpaired) electrons. The van der Waals surface area contributed by atoms with Crippen molar-refractivity contribution in [2.24, 2.45) is 0 Å². The molecule has 2 rings (SSSR count). The van der Waals surface area contributed by atoms with Crippen molar-refractivity contribution in [2.75, 3.05) is 0 Å². The maximum atomic E-state index is 10.7. The Kier molecular flexibility index (Phi) is 3.38. The molecule has 1 N–H and O–H groups in total. The summed E-state index contributed by atoms with van der Waals surface area (Å²) < 4.78 is 4.69. The molecule has 0 unspecified atom stereocenters. The maximum Gasteiger partial charge on any atom is 0.335 e. The number of aromatic carboxylic acids is 1. The van der Waals surface area contributed by atoms with Gasteiger partial charge in [-0.3, -0.25) is 4.79 Å². The minimum Gasteiger partial charge on any atom is -0.478 e. The van der Waals surface area contributed by atoms with Gasteiger partial charge in [0.15, 0.2) is 0 Å². The Hall–Kier alpha value is -2.62. The van der Waals surface area contributed by atoms with Gasteiger partial charge in [-0.1, -0.05) is 24.3 Å². The fourth-order valence-electron chi connectivity index (χ4n) is 1.59. The monoisotopic (exact) mass is 242 g/mol. The molecule has 18 heavy (non-hydrogen) atoms. The van der Waals surface area contributed by atoms with Gasteiger partial charge in [-0.25, -0.2) is 4.79 Å². The van der Waals surface area contributed by atoms with E-state index in [4.69, 9.17) is 5.11 Å². The van der Waals surface area contributed by atoms with E-state index in [0.717, 1.165) is 11.1 Å². The quantitative estimate of drug-likeness (QED) is 0.837. The fourth-order valence-corrected chi connectivity index (χ4v) is 1.59. The van der Waals surface area contributed by atoms with Crippen LogP contribution in [0.3, 0.4) is 0 Å². The van der Waals surface area contributed by atoms with Gasteiger partial charge in [0, 0.05) is 0 Å². The number of carboxylic acid groups (broad SMARTS) is 1. The van der Waals surface area contributed by atoms with Gasteiger partial charge >= 0.3 is 5.97 Å². The second-order valence-corrected chi connectivity index (χ2v) is 3.62. The van der Waals surface area contributed by atoms with E-state index in [1.165, 1.54) is 0 Å². The summed E-state index contributed by atoms with van der Waals surface area (Å²) in [5.41, 5.74) is 2.07. The Morgan fingerprint density at radius 2 is 1.44 bits per heavy atom. The van der Waals surface area contributed by atoms with Gasteiger partial charge in [-0.05, 0) is 35.4 Å². The first-order valence-electron chi connectivity index (χ1n) is 5.25. The van der Waals surface area contributed by atoms with Crippen LogP contribution in [0.5, 0.6) is 5.75 Å². The van der Waals surface area contributed by atoms with E-state index in [0.29, 0.717) is 12.2 Å². The fraction of sp³-hybridized carbons (Fsp3) is 0. The molecule has 0 fully saturated rings. The van der Waals surface area contributed by atoms with E-state index < -0.39 is 5.97 Å². The standard InChI is InChI=1S/C14H10O4/c15-9-18-13-7-5-11(6-8-13)10-1-3-12(4-2-10)14(16)17/h1-9H,(H,16,17). The van der Waals surface area contributed by atoms with Crippen LogP contribution in [-0.4, -0.2) is 17.5 Å². The van der Waals surface area contributed by atoms with Crippen LogP contribution in [0.15, 0.2) is 48.5 Å². The van der Waals surface area contributed by atoms with Gasteiger partial charge in [0.2, 0.25) is 0 Å². The molecular formula is C14H10O4. The molecule has 0 aromatic heterocycles. The SMILES string of the molecule is O=COc1ccc(-c2ccc(C(=O)O)cc2)cc1. The lowest BCUT2D eigenvalue weighted by Gasteiger charge is -2.03. The predicted octanol–water partition coefficient (Wildman–Crippen LogP) is 2.59. The summed E-state index contributed by atoms with van der Waals surface area (Å²) in [5.74, 6) is -0.479. The molecular weight excluding hydrogens is 232 g/mol. The zero-order chi connectivity index (χ0) is 13.0. The van der Waals surface area contributed by atoms with Crippen LogP contribution in [0.25, 0.3) is 11.1 Å². The highest BCUT2D eigenvalue weighted by molar-refractivity contribution is 5.88. The highest BCUT2D eigenvalue weighted by Gasteiger charge is 2.03. The van der Waals surface area contributed by atoms with Crippen LogP contribution in [0.4, 0.5) is 0 Å². The van der Waals surface area contributed by atoms with Crippen LogP contribution in [-0.2, 0) is 4.79 Å². The van der Waals surface area contributed by atoms with Crippen molar-refractivity contribution in [3.8, 4) is 16.9 Å². The summed E-state index contributed by atoms with van der Waals surface area (Å²) in [6.45, 7) is 0.372. The summed E-state index contributed by atoms with van der Waals surface area (Å²) in [7, 11) is 0. The number of hydrogen-bond donors (Lipinski definition) is 1. The molecule has 2 aromatic rings. The first-order valence-corrected chi connectivity index (χ1v) is 5.25. The zero-order valence-corrected chi connectivity index (χ0v) is 9.37. The Balaban J connectivity index is 2.25. The summed E-state index contributed by atoms with van der Waals surface area (Å²) in [6.07, 6.45) is 0. The molecule has 2 aromatic carbocycles. The Bertz CT molecular complexity index is 555. The van der Waals surface area contributed by atoms with Crippen LogP contribution in [0.2, 0.25) is 0 Å².